The Kier molecular flexibility index (Phi) is 8.12. The molecular formula is C20H27F3N8O3S. The molecule has 2 N–H and O–H groups in total. The second-order valence-corrected chi connectivity index (χ2v) is 9.69. The summed E-state index contributed by atoms with van der Waals surface area (Å²) in [6, 6.07) is 3.63. The molecule has 0 bridgehead atoms. The highest BCUT2D eigenvalue weighted by molar-refractivity contribution is 7.88. The monoisotopic (exact) mass is 516 g/mol. The first-order valence-electron chi connectivity index (χ1n) is 10.6. The molecule has 0 aliphatic rings. The summed E-state index contributed by atoms with van der Waals surface area (Å²) in [5.41, 5.74) is 1.96. The van der Waals surface area contributed by atoms with Gasteiger partial charge < -0.3 is 15.0 Å². The van der Waals surface area contributed by atoms with Gasteiger partial charge in [0, 0.05) is 19.8 Å². The first-order valence-corrected chi connectivity index (χ1v) is 12.5. The number of alkyl halides is 3. The van der Waals surface area contributed by atoms with Gasteiger partial charge in [-0.05, 0) is 31.5 Å². The van der Waals surface area contributed by atoms with Crippen molar-refractivity contribution in [3.05, 3.63) is 29.6 Å². The Hall–Kier alpha value is -3.04. The Morgan fingerprint density at radius 1 is 1.26 bits per heavy atom. The zero-order valence-electron chi connectivity index (χ0n) is 19.7. The largest absolute Gasteiger partial charge is 0.411 e. The molecule has 11 nitrogen and oxygen atoms in total. The normalized spacial score (nSPS) is 12.3. The Balaban J connectivity index is 2.10. The van der Waals surface area contributed by atoms with Gasteiger partial charge >= 0.3 is 6.18 Å². The van der Waals surface area contributed by atoms with Gasteiger partial charge in [0.25, 0.3) is 0 Å². The molecule has 3 aromatic rings. The Morgan fingerprint density at radius 3 is 2.63 bits per heavy atom. The minimum absolute atomic E-state index is 0.0479. The van der Waals surface area contributed by atoms with E-state index in [0.29, 0.717) is 35.2 Å². The van der Waals surface area contributed by atoms with Crippen LogP contribution in [0.4, 0.5) is 30.8 Å². The van der Waals surface area contributed by atoms with Crippen LogP contribution >= 0.6 is 0 Å². The van der Waals surface area contributed by atoms with Crippen molar-refractivity contribution in [3.8, 4) is 0 Å². The zero-order chi connectivity index (χ0) is 25.8. The fourth-order valence-corrected chi connectivity index (χ4v) is 3.48. The SMILES string of the molecule is CCN(C)c1nc(Nc2cc(C)ccn2)c2c(n1)c(CNS(C)(=O)=O)nn2CCOCC(F)(F)F. The number of rotatable bonds is 11. The molecule has 0 unspecified atom stereocenters. The van der Waals surface area contributed by atoms with Crippen LogP contribution in [0.2, 0.25) is 0 Å². The molecule has 0 aliphatic carbocycles. The van der Waals surface area contributed by atoms with E-state index in [-0.39, 0.29) is 25.4 Å². The average molecular weight is 517 g/mol. The van der Waals surface area contributed by atoms with Crippen LogP contribution in [0.1, 0.15) is 18.2 Å². The van der Waals surface area contributed by atoms with Gasteiger partial charge in [0.1, 0.15) is 29.2 Å². The molecule has 3 heterocycles. The molecule has 0 aromatic carbocycles. The lowest BCUT2D eigenvalue weighted by molar-refractivity contribution is -0.174. The van der Waals surface area contributed by atoms with Gasteiger partial charge in [0.2, 0.25) is 16.0 Å². The Morgan fingerprint density at radius 2 is 2.00 bits per heavy atom. The summed E-state index contributed by atoms with van der Waals surface area (Å²) in [6.07, 6.45) is -1.82. The van der Waals surface area contributed by atoms with Crippen LogP contribution in [0.15, 0.2) is 18.3 Å². The summed E-state index contributed by atoms with van der Waals surface area (Å²) in [4.78, 5) is 15.2. The van der Waals surface area contributed by atoms with Crippen molar-refractivity contribution in [1.29, 1.82) is 0 Å². The number of anilines is 3. The lowest BCUT2D eigenvalue weighted by atomic mass is 10.3. The van der Waals surface area contributed by atoms with Crippen LogP contribution in [0, 0.1) is 6.92 Å². The van der Waals surface area contributed by atoms with Crippen molar-refractivity contribution >= 4 is 38.6 Å². The van der Waals surface area contributed by atoms with E-state index in [1.807, 2.05) is 19.9 Å². The van der Waals surface area contributed by atoms with Gasteiger partial charge in [-0.25, -0.2) is 23.1 Å². The molecule has 0 spiro atoms. The van der Waals surface area contributed by atoms with Crippen LogP contribution < -0.4 is 14.9 Å². The number of aryl methyl sites for hydroxylation is 1. The van der Waals surface area contributed by atoms with Crippen molar-refractivity contribution in [1.82, 2.24) is 29.5 Å². The maximum Gasteiger partial charge on any atom is 0.411 e. The van der Waals surface area contributed by atoms with Gasteiger partial charge in [-0.2, -0.15) is 23.3 Å². The Bertz CT molecular complexity index is 1280. The fourth-order valence-electron chi connectivity index (χ4n) is 3.08. The maximum atomic E-state index is 12.5. The number of aromatic nitrogens is 5. The smallest absolute Gasteiger partial charge is 0.370 e. The van der Waals surface area contributed by atoms with E-state index in [1.165, 1.54) is 4.68 Å². The zero-order valence-corrected chi connectivity index (χ0v) is 20.5. The summed E-state index contributed by atoms with van der Waals surface area (Å²) < 4.78 is 69.4. The first-order chi connectivity index (χ1) is 16.4. The molecule has 0 radical (unpaired) electrons. The number of fused-ring (bicyclic) bond motifs is 1. The Labute approximate surface area is 200 Å². The second kappa shape index (κ2) is 10.7. The number of hydrogen-bond donors (Lipinski definition) is 2. The number of nitrogens with zero attached hydrogens (tertiary/aromatic N) is 6. The van der Waals surface area contributed by atoms with Crippen molar-refractivity contribution < 1.29 is 26.3 Å². The van der Waals surface area contributed by atoms with E-state index in [4.69, 9.17) is 4.74 Å². The predicted octanol–water partition coefficient (Wildman–Crippen LogP) is 2.36. The maximum absolute atomic E-state index is 12.5. The van der Waals surface area contributed by atoms with Crippen molar-refractivity contribution in [3.63, 3.8) is 0 Å². The molecule has 35 heavy (non-hydrogen) atoms. The quantitative estimate of drug-likeness (QED) is 0.369. The number of ether oxygens (including phenoxy) is 1. The standard InChI is InChI=1S/C20H27F3N8O3S/c1-5-30(3)19-27-16-14(11-25-35(4,32)33)29-31(8-9-34-12-20(21,22)23)17(16)18(28-19)26-15-10-13(2)6-7-24-15/h6-7,10,25H,5,8-9,11-12H2,1-4H3,(H,24,26,27,28). The molecular weight excluding hydrogens is 489 g/mol. The first kappa shape index (κ1) is 26.6. The van der Waals surface area contributed by atoms with E-state index >= 15 is 0 Å². The third-order valence-electron chi connectivity index (χ3n) is 4.84. The summed E-state index contributed by atoms with van der Waals surface area (Å²) in [5.74, 6) is 1.16. The number of halogens is 3. The summed E-state index contributed by atoms with van der Waals surface area (Å²) in [6.45, 7) is 2.51. The molecule has 0 atom stereocenters. The van der Waals surface area contributed by atoms with Crippen LogP contribution in [0.5, 0.6) is 0 Å². The number of sulfonamides is 1. The topological polar surface area (TPSA) is 127 Å². The number of hydrogen-bond acceptors (Lipinski definition) is 9. The van der Waals surface area contributed by atoms with Crippen LogP contribution in [0.25, 0.3) is 11.0 Å². The fraction of sp³-hybridized carbons (Fsp3) is 0.500. The van der Waals surface area contributed by atoms with Crippen molar-refractivity contribution in [2.24, 2.45) is 0 Å². The minimum Gasteiger partial charge on any atom is -0.370 e. The minimum atomic E-state index is -4.46. The van der Waals surface area contributed by atoms with Gasteiger partial charge in [-0.15, -0.1) is 0 Å². The highest BCUT2D eigenvalue weighted by atomic mass is 32.2. The molecule has 0 saturated carbocycles. The molecule has 3 aromatic heterocycles. The molecule has 3 rings (SSSR count). The van der Waals surface area contributed by atoms with E-state index < -0.39 is 22.8 Å². The number of nitrogens with one attached hydrogen (secondary N) is 2. The van der Waals surface area contributed by atoms with Crippen LogP contribution in [-0.2, 0) is 27.8 Å². The molecule has 0 fully saturated rings. The van der Waals surface area contributed by atoms with Gasteiger partial charge in [-0.3, -0.25) is 4.68 Å². The third-order valence-corrected chi connectivity index (χ3v) is 5.51. The van der Waals surface area contributed by atoms with Gasteiger partial charge in [-0.1, -0.05) is 0 Å². The third kappa shape index (κ3) is 7.47. The van der Waals surface area contributed by atoms with Gasteiger partial charge in [0.05, 0.1) is 26.0 Å². The molecule has 192 valence electrons. The summed E-state index contributed by atoms with van der Waals surface area (Å²) in [7, 11) is -1.75. The summed E-state index contributed by atoms with van der Waals surface area (Å²) in [5, 5.41) is 7.56. The number of pyridine rings is 1. The van der Waals surface area contributed by atoms with Gasteiger partial charge in [0.15, 0.2) is 5.82 Å². The second-order valence-electron chi connectivity index (χ2n) is 7.86. The van der Waals surface area contributed by atoms with E-state index in [2.05, 4.69) is 30.1 Å². The van der Waals surface area contributed by atoms with Crippen molar-refractivity contribution in [2.45, 2.75) is 33.1 Å². The highest BCUT2D eigenvalue weighted by Crippen LogP contribution is 2.28. The molecule has 0 amide bonds. The molecule has 15 heteroatoms. The lowest BCUT2D eigenvalue weighted by Crippen LogP contribution is -2.22. The molecule has 0 saturated heterocycles. The molecule has 0 aliphatic heterocycles. The average Bonchev–Trinajstić information content (AvgIpc) is 3.11. The van der Waals surface area contributed by atoms with E-state index in [1.54, 1.807) is 24.2 Å². The lowest BCUT2D eigenvalue weighted by Gasteiger charge is -2.17. The highest BCUT2D eigenvalue weighted by Gasteiger charge is 2.27. The van der Waals surface area contributed by atoms with Crippen molar-refractivity contribution in [2.75, 3.05) is 43.3 Å². The van der Waals surface area contributed by atoms with Crippen LogP contribution in [-0.4, -0.2) is 72.4 Å². The summed E-state index contributed by atoms with van der Waals surface area (Å²) >= 11 is 0. The predicted molar refractivity (Wildman–Crippen MR) is 125 cm³/mol. The van der Waals surface area contributed by atoms with Crippen LogP contribution in [0.3, 0.4) is 0 Å². The van der Waals surface area contributed by atoms with E-state index in [0.717, 1.165) is 11.8 Å². The van der Waals surface area contributed by atoms with E-state index in [9.17, 15) is 21.6 Å².